The highest BCUT2D eigenvalue weighted by atomic mass is 16.5. The van der Waals surface area contributed by atoms with Gasteiger partial charge in [-0.2, -0.15) is 0 Å². The Bertz CT molecular complexity index is 286. The third-order valence-electron chi connectivity index (χ3n) is 2.63. The number of ether oxygens (including phenoxy) is 1. The van der Waals surface area contributed by atoms with Gasteiger partial charge in [0.1, 0.15) is 5.76 Å². The quantitative estimate of drug-likeness (QED) is 0.649. The largest absolute Gasteiger partial charge is 0.468 e. The second-order valence-electron chi connectivity index (χ2n) is 4.84. The summed E-state index contributed by atoms with van der Waals surface area (Å²) in [6, 6.07) is 3.93. The Labute approximate surface area is 110 Å². The Morgan fingerprint density at radius 2 is 2.22 bits per heavy atom. The first-order valence-corrected chi connectivity index (χ1v) is 6.71. The first-order chi connectivity index (χ1) is 8.68. The monoisotopic (exact) mass is 254 g/mol. The first kappa shape index (κ1) is 15.2. The van der Waals surface area contributed by atoms with Crippen LogP contribution in [-0.2, 0) is 11.3 Å². The lowest BCUT2D eigenvalue weighted by molar-refractivity contribution is 0.0770. The average molecular weight is 254 g/mol. The molecule has 0 aliphatic rings. The molecule has 0 aliphatic heterocycles. The van der Waals surface area contributed by atoms with Crippen LogP contribution in [-0.4, -0.2) is 44.3 Å². The van der Waals surface area contributed by atoms with Crippen LogP contribution in [0.2, 0.25) is 0 Å². The van der Waals surface area contributed by atoms with E-state index >= 15 is 0 Å². The molecule has 4 heteroatoms. The second-order valence-corrected chi connectivity index (χ2v) is 4.84. The van der Waals surface area contributed by atoms with Crippen molar-refractivity contribution in [1.29, 1.82) is 0 Å². The van der Waals surface area contributed by atoms with Gasteiger partial charge in [-0.3, -0.25) is 4.90 Å². The molecule has 4 nitrogen and oxygen atoms in total. The number of nitrogens with one attached hydrogen (secondary N) is 1. The van der Waals surface area contributed by atoms with Gasteiger partial charge >= 0.3 is 0 Å². The van der Waals surface area contributed by atoms with Gasteiger partial charge in [0, 0.05) is 19.7 Å². The molecule has 1 heterocycles. The molecule has 0 atom stereocenters. The zero-order valence-corrected chi connectivity index (χ0v) is 11.8. The lowest BCUT2D eigenvalue weighted by Crippen LogP contribution is -2.29. The normalized spacial score (nSPS) is 11.6. The summed E-state index contributed by atoms with van der Waals surface area (Å²) in [6.45, 7) is 8.87. The van der Waals surface area contributed by atoms with Crippen LogP contribution in [0.1, 0.15) is 26.0 Å². The molecule has 0 bridgehead atoms. The van der Waals surface area contributed by atoms with E-state index in [0.717, 1.165) is 45.0 Å². The van der Waals surface area contributed by atoms with Crippen molar-refractivity contribution in [3.63, 3.8) is 0 Å². The first-order valence-electron chi connectivity index (χ1n) is 6.71. The summed E-state index contributed by atoms with van der Waals surface area (Å²) in [4.78, 5) is 2.25. The maximum absolute atomic E-state index is 5.48. The number of likely N-dealkylation sites (N-methyl/N-ethyl adjacent to an activating group) is 1. The van der Waals surface area contributed by atoms with Crippen molar-refractivity contribution >= 4 is 0 Å². The summed E-state index contributed by atoms with van der Waals surface area (Å²) >= 11 is 0. The van der Waals surface area contributed by atoms with Crippen LogP contribution in [0.3, 0.4) is 0 Å². The minimum absolute atomic E-state index is 0.337. The van der Waals surface area contributed by atoms with Gasteiger partial charge in [-0.05, 0) is 46.0 Å². The van der Waals surface area contributed by atoms with Crippen LogP contribution in [0, 0.1) is 0 Å². The van der Waals surface area contributed by atoms with E-state index in [9.17, 15) is 0 Å². The van der Waals surface area contributed by atoms with Gasteiger partial charge in [0.25, 0.3) is 0 Å². The Morgan fingerprint density at radius 1 is 1.39 bits per heavy atom. The molecule has 18 heavy (non-hydrogen) atoms. The molecule has 0 unspecified atom stereocenters. The molecular weight excluding hydrogens is 228 g/mol. The van der Waals surface area contributed by atoms with Gasteiger partial charge in [-0.25, -0.2) is 0 Å². The molecule has 0 saturated carbocycles. The standard InChI is InChI=1S/C14H26N2O2/c1-13(2)17-11-5-7-15-8-9-16(3)12-14-6-4-10-18-14/h4,6,10,13,15H,5,7-9,11-12H2,1-3H3. The Morgan fingerprint density at radius 3 is 2.89 bits per heavy atom. The minimum Gasteiger partial charge on any atom is -0.468 e. The molecule has 0 aliphatic carbocycles. The van der Waals surface area contributed by atoms with Crippen molar-refractivity contribution in [2.75, 3.05) is 33.3 Å². The smallest absolute Gasteiger partial charge is 0.117 e. The SMILES string of the molecule is CC(C)OCCCNCCN(C)Cc1ccco1. The van der Waals surface area contributed by atoms with E-state index in [4.69, 9.17) is 9.15 Å². The fourth-order valence-electron chi connectivity index (χ4n) is 1.66. The highest BCUT2D eigenvalue weighted by Crippen LogP contribution is 2.02. The van der Waals surface area contributed by atoms with Crippen LogP contribution in [0.25, 0.3) is 0 Å². The van der Waals surface area contributed by atoms with Gasteiger partial charge in [0.05, 0.1) is 18.9 Å². The van der Waals surface area contributed by atoms with Crippen LogP contribution < -0.4 is 5.32 Å². The number of furan rings is 1. The van der Waals surface area contributed by atoms with Gasteiger partial charge in [0.15, 0.2) is 0 Å². The summed E-state index contributed by atoms with van der Waals surface area (Å²) in [5, 5.41) is 3.42. The summed E-state index contributed by atoms with van der Waals surface area (Å²) in [7, 11) is 2.10. The maximum atomic E-state index is 5.48. The molecular formula is C14H26N2O2. The molecule has 1 aromatic rings. The third kappa shape index (κ3) is 7.48. The van der Waals surface area contributed by atoms with Crippen LogP contribution >= 0.6 is 0 Å². The summed E-state index contributed by atoms with van der Waals surface area (Å²) < 4.78 is 10.8. The van der Waals surface area contributed by atoms with Gasteiger partial charge in [-0.15, -0.1) is 0 Å². The summed E-state index contributed by atoms with van der Waals surface area (Å²) in [5.41, 5.74) is 0. The van der Waals surface area contributed by atoms with Gasteiger partial charge < -0.3 is 14.5 Å². The lowest BCUT2D eigenvalue weighted by atomic mass is 10.4. The summed E-state index contributed by atoms with van der Waals surface area (Å²) in [6.07, 6.45) is 3.13. The molecule has 0 amide bonds. The highest BCUT2D eigenvalue weighted by molar-refractivity contribution is 4.97. The van der Waals surface area contributed by atoms with Gasteiger partial charge in [-0.1, -0.05) is 0 Å². The van der Waals surface area contributed by atoms with Crippen molar-refractivity contribution in [2.45, 2.75) is 32.9 Å². The molecule has 0 aromatic carbocycles. The second kappa shape index (κ2) is 9.14. The van der Waals surface area contributed by atoms with E-state index in [1.165, 1.54) is 0 Å². The fourth-order valence-corrected chi connectivity index (χ4v) is 1.66. The predicted molar refractivity (Wildman–Crippen MR) is 73.6 cm³/mol. The summed E-state index contributed by atoms with van der Waals surface area (Å²) in [5.74, 6) is 1.02. The Balaban J connectivity index is 1.91. The van der Waals surface area contributed by atoms with Crippen LogP contribution in [0.15, 0.2) is 22.8 Å². The van der Waals surface area contributed by atoms with Crippen molar-refractivity contribution in [2.24, 2.45) is 0 Å². The average Bonchev–Trinajstić information content (AvgIpc) is 2.80. The van der Waals surface area contributed by atoms with Crippen molar-refractivity contribution in [1.82, 2.24) is 10.2 Å². The molecule has 1 aromatic heterocycles. The molecule has 1 rings (SSSR count). The van der Waals surface area contributed by atoms with E-state index in [2.05, 4.69) is 31.1 Å². The Kier molecular flexibility index (Phi) is 7.73. The fraction of sp³-hybridized carbons (Fsp3) is 0.714. The number of hydrogen-bond acceptors (Lipinski definition) is 4. The zero-order valence-electron chi connectivity index (χ0n) is 11.8. The highest BCUT2D eigenvalue weighted by Gasteiger charge is 2.01. The molecule has 0 saturated heterocycles. The Hall–Kier alpha value is -0.840. The van der Waals surface area contributed by atoms with Crippen LogP contribution in [0.4, 0.5) is 0 Å². The molecule has 0 fully saturated rings. The molecule has 104 valence electrons. The molecule has 1 N–H and O–H groups in total. The minimum atomic E-state index is 0.337. The molecule has 0 spiro atoms. The van der Waals surface area contributed by atoms with Crippen molar-refractivity contribution in [3.8, 4) is 0 Å². The van der Waals surface area contributed by atoms with Gasteiger partial charge in [0.2, 0.25) is 0 Å². The van der Waals surface area contributed by atoms with E-state index in [1.54, 1.807) is 6.26 Å². The number of hydrogen-bond donors (Lipinski definition) is 1. The zero-order chi connectivity index (χ0) is 13.2. The number of nitrogens with zero attached hydrogens (tertiary/aromatic N) is 1. The topological polar surface area (TPSA) is 37.6 Å². The molecule has 0 radical (unpaired) electrons. The van der Waals surface area contributed by atoms with E-state index in [1.807, 2.05) is 12.1 Å². The maximum Gasteiger partial charge on any atom is 0.117 e. The predicted octanol–water partition coefficient (Wildman–Crippen LogP) is 2.12. The van der Waals surface area contributed by atoms with Crippen molar-refractivity contribution < 1.29 is 9.15 Å². The van der Waals surface area contributed by atoms with Crippen LogP contribution in [0.5, 0.6) is 0 Å². The number of rotatable bonds is 10. The van der Waals surface area contributed by atoms with Crippen molar-refractivity contribution in [3.05, 3.63) is 24.2 Å². The van der Waals surface area contributed by atoms with E-state index < -0.39 is 0 Å². The lowest BCUT2D eigenvalue weighted by Gasteiger charge is -2.15. The third-order valence-corrected chi connectivity index (χ3v) is 2.63. The van der Waals surface area contributed by atoms with E-state index in [0.29, 0.717) is 6.10 Å². The van der Waals surface area contributed by atoms with E-state index in [-0.39, 0.29) is 0 Å².